The van der Waals surface area contributed by atoms with Crippen molar-refractivity contribution in [1.82, 2.24) is 0 Å². The third-order valence-electron chi connectivity index (χ3n) is 4.59. The van der Waals surface area contributed by atoms with Crippen LogP contribution in [0, 0.1) is 23.7 Å². The average Bonchev–Trinajstić information content (AvgIpc) is 2.49. The van der Waals surface area contributed by atoms with E-state index in [9.17, 15) is 5.11 Å². The molecule has 0 spiro atoms. The molecule has 3 unspecified atom stereocenters. The van der Waals surface area contributed by atoms with Crippen molar-refractivity contribution in [2.24, 2.45) is 23.7 Å². The maximum absolute atomic E-state index is 9.19. The molecule has 0 aromatic heterocycles. The zero-order valence-electron chi connectivity index (χ0n) is 16.7. The lowest BCUT2D eigenvalue weighted by molar-refractivity contribution is 0.305. The number of allylic oxidation sites excluding steroid dienone is 4. The van der Waals surface area contributed by atoms with Crippen LogP contribution >= 0.6 is 0 Å². The second-order valence-electron chi connectivity index (χ2n) is 7.12. The van der Waals surface area contributed by atoms with Gasteiger partial charge in [0.1, 0.15) is 0 Å². The van der Waals surface area contributed by atoms with Crippen LogP contribution in [0.5, 0.6) is 0 Å². The van der Waals surface area contributed by atoms with E-state index in [1.54, 1.807) is 13.0 Å². The fourth-order valence-electron chi connectivity index (χ4n) is 2.32. The van der Waals surface area contributed by atoms with Gasteiger partial charge in [0.15, 0.2) is 0 Å². The van der Waals surface area contributed by atoms with Gasteiger partial charge in [0.2, 0.25) is 0 Å². The van der Waals surface area contributed by atoms with E-state index in [4.69, 9.17) is 0 Å². The molecule has 1 nitrogen and oxygen atoms in total. The summed E-state index contributed by atoms with van der Waals surface area (Å²) in [6, 6.07) is 0. The number of hydrogen-bond acceptors (Lipinski definition) is 1. The Balaban J connectivity index is 0. The Hall–Kier alpha value is -0.720. The first-order valence-electron chi connectivity index (χ1n) is 9.28. The van der Waals surface area contributed by atoms with E-state index in [1.165, 1.54) is 31.3 Å². The fourth-order valence-corrected chi connectivity index (χ4v) is 2.32. The van der Waals surface area contributed by atoms with Gasteiger partial charge in [-0.25, -0.2) is 0 Å². The summed E-state index contributed by atoms with van der Waals surface area (Å²) >= 11 is 0. The Labute approximate surface area is 140 Å². The Morgan fingerprint density at radius 3 is 1.64 bits per heavy atom. The van der Waals surface area contributed by atoms with Gasteiger partial charge in [-0.05, 0) is 56.4 Å². The molecule has 3 atom stereocenters. The number of hydrogen-bond donors (Lipinski definition) is 1. The minimum atomic E-state index is 0.382. The van der Waals surface area contributed by atoms with Gasteiger partial charge in [0.25, 0.3) is 0 Å². The molecule has 0 aliphatic heterocycles. The molecular weight excluding hydrogens is 268 g/mol. The third-order valence-corrected chi connectivity index (χ3v) is 4.59. The molecule has 0 fully saturated rings. The van der Waals surface area contributed by atoms with Crippen LogP contribution in [-0.2, 0) is 0 Å². The molecule has 22 heavy (non-hydrogen) atoms. The van der Waals surface area contributed by atoms with Crippen molar-refractivity contribution in [2.45, 2.75) is 88.0 Å². The van der Waals surface area contributed by atoms with Gasteiger partial charge in [0.05, 0.1) is 5.76 Å². The van der Waals surface area contributed by atoms with Crippen molar-refractivity contribution >= 4 is 0 Å². The van der Waals surface area contributed by atoms with Crippen LogP contribution in [0.4, 0.5) is 0 Å². The standard InChI is InChI=1S/C19H36O.C2H6/c1-14(2)8-9-15(3)16(4)10-11-17(5)18(6)12-13-19(7)20;1-2/h12-17,20H,8-11H2,1-7H3;1-2H3/b18-12+,19-13+;. The average molecular weight is 311 g/mol. The van der Waals surface area contributed by atoms with E-state index in [1.807, 2.05) is 19.9 Å². The molecule has 0 aliphatic rings. The number of rotatable bonds is 9. The third kappa shape index (κ3) is 13.0. The maximum atomic E-state index is 9.19. The predicted molar refractivity (Wildman–Crippen MR) is 102 cm³/mol. The van der Waals surface area contributed by atoms with Crippen LogP contribution in [0.15, 0.2) is 23.5 Å². The lowest BCUT2D eigenvalue weighted by atomic mass is 9.83. The van der Waals surface area contributed by atoms with Gasteiger partial charge in [-0.1, -0.05) is 73.0 Å². The molecule has 0 saturated heterocycles. The van der Waals surface area contributed by atoms with Gasteiger partial charge in [0, 0.05) is 0 Å². The summed E-state index contributed by atoms with van der Waals surface area (Å²) < 4.78 is 0. The summed E-state index contributed by atoms with van der Waals surface area (Å²) in [7, 11) is 0. The van der Waals surface area contributed by atoms with E-state index in [0.29, 0.717) is 11.7 Å². The van der Waals surface area contributed by atoms with Crippen molar-refractivity contribution in [2.75, 3.05) is 0 Å². The van der Waals surface area contributed by atoms with Crippen LogP contribution < -0.4 is 0 Å². The zero-order valence-corrected chi connectivity index (χ0v) is 16.7. The van der Waals surface area contributed by atoms with Crippen molar-refractivity contribution in [3.8, 4) is 0 Å². The molecule has 132 valence electrons. The summed E-state index contributed by atoms with van der Waals surface area (Å²) in [6.45, 7) is 19.6. The summed E-state index contributed by atoms with van der Waals surface area (Å²) in [4.78, 5) is 0. The quantitative estimate of drug-likeness (QED) is 0.344. The van der Waals surface area contributed by atoms with Gasteiger partial charge >= 0.3 is 0 Å². The smallest absolute Gasteiger partial charge is 0.0891 e. The highest BCUT2D eigenvalue weighted by Crippen LogP contribution is 2.26. The lowest BCUT2D eigenvalue weighted by Crippen LogP contribution is -2.11. The van der Waals surface area contributed by atoms with Gasteiger partial charge < -0.3 is 5.11 Å². The molecule has 0 radical (unpaired) electrons. The molecule has 0 amide bonds. The molecule has 0 aliphatic carbocycles. The van der Waals surface area contributed by atoms with E-state index < -0.39 is 0 Å². The van der Waals surface area contributed by atoms with Crippen LogP contribution in [0.1, 0.15) is 88.0 Å². The van der Waals surface area contributed by atoms with Gasteiger partial charge in [-0.3, -0.25) is 0 Å². The summed E-state index contributed by atoms with van der Waals surface area (Å²) in [6.07, 6.45) is 9.09. The minimum absolute atomic E-state index is 0.382. The predicted octanol–water partition coefficient (Wildman–Crippen LogP) is 7.55. The monoisotopic (exact) mass is 310 g/mol. The van der Waals surface area contributed by atoms with Crippen molar-refractivity contribution in [3.63, 3.8) is 0 Å². The molecule has 0 saturated carbocycles. The Morgan fingerprint density at radius 2 is 1.23 bits per heavy atom. The summed E-state index contributed by atoms with van der Waals surface area (Å²) in [5.41, 5.74) is 1.36. The second-order valence-corrected chi connectivity index (χ2v) is 7.12. The molecule has 0 rings (SSSR count). The summed E-state index contributed by atoms with van der Waals surface area (Å²) in [5.74, 6) is 3.44. The first-order valence-corrected chi connectivity index (χ1v) is 9.28. The number of aliphatic hydroxyl groups excluding tert-OH is 1. The Bertz CT molecular complexity index is 308. The fraction of sp³-hybridized carbons (Fsp3) is 0.810. The largest absolute Gasteiger partial charge is 0.513 e. The van der Waals surface area contributed by atoms with Crippen LogP contribution in [0.2, 0.25) is 0 Å². The van der Waals surface area contributed by atoms with Crippen molar-refractivity contribution < 1.29 is 5.11 Å². The Kier molecular flexibility index (Phi) is 14.9. The van der Waals surface area contributed by atoms with Gasteiger partial charge in [-0.2, -0.15) is 0 Å². The molecular formula is C21H42O. The molecule has 1 N–H and O–H groups in total. The highest BCUT2D eigenvalue weighted by molar-refractivity contribution is 5.13. The molecule has 0 aromatic carbocycles. The molecule has 0 bridgehead atoms. The molecule has 1 heteroatoms. The molecule has 0 heterocycles. The lowest BCUT2D eigenvalue weighted by Gasteiger charge is -2.22. The normalized spacial score (nSPS) is 16.8. The maximum Gasteiger partial charge on any atom is 0.0891 e. The first kappa shape index (κ1) is 23.5. The highest BCUT2D eigenvalue weighted by atomic mass is 16.3. The van der Waals surface area contributed by atoms with Gasteiger partial charge in [-0.15, -0.1) is 0 Å². The minimum Gasteiger partial charge on any atom is -0.513 e. The topological polar surface area (TPSA) is 20.2 Å². The first-order chi connectivity index (χ1) is 10.2. The van der Waals surface area contributed by atoms with E-state index in [2.05, 4.69) is 41.5 Å². The number of aliphatic hydroxyl groups is 1. The van der Waals surface area contributed by atoms with E-state index in [-0.39, 0.29) is 0 Å². The second kappa shape index (κ2) is 13.9. The van der Waals surface area contributed by atoms with Crippen LogP contribution in [-0.4, -0.2) is 5.11 Å². The Morgan fingerprint density at radius 1 is 0.773 bits per heavy atom. The van der Waals surface area contributed by atoms with E-state index in [0.717, 1.165) is 17.8 Å². The SMILES string of the molecule is C/C(O)=C\C=C(/C)C(C)CCC(C)C(C)CCC(C)C.CC. The zero-order chi connectivity index (χ0) is 17.7. The van der Waals surface area contributed by atoms with E-state index >= 15 is 0 Å². The highest BCUT2D eigenvalue weighted by Gasteiger charge is 2.14. The van der Waals surface area contributed by atoms with Crippen LogP contribution in [0.25, 0.3) is 0 Å². The van der Waals surface area contributed by atoms with Crippen LogP contribution in [0.3, 0.4) is 0 Å². The molecule has 0 aromatic rings. The van der Waals surface area contributed by atoms with Crippen molar-refractivity contribution in [1.29, 1.82) is 0 Å². The summed E-state index contributed by atoms with van der Waals surface area (Å²) in [5, 5.41) is 9.19. The van der Waals surface area contributed by atoms with Crippen molar-refractivity contribution in [3.05, 3.63) is 23.5 Å².